The van der Waals surface area contributed by atoms with Crippen molar-refractivity contribution in [1.82, 2.24) is 19.1 Å². The Bertz CT molecular complexity index is 4830. The average molecular weight is 1090 g/mol. The van der Waals surface area contributed by atoms with E-state index in [1.807, 2.05) is 18.5 Å². The maximum absolute atomic E-state index is 5.11. The fourth-order valence-electron chi connectivity index (χ4n) is 12.9. The highest BCUT2D eigenvalue weighted by atomic mass is 15.1. The van der Waals surface area contributed by atoms with Gasteiger partial charge in [0.05, 0.1) is 33.1 Å². The van der Waals surface area contributed by atoms with Crippen molar-refractivity contribution < 1.29 is 0 Å². The zero-order valence-electron chi connectivity index (χ0n) is 46.6. The molecule has 4 aromatic heterocycles. The minimum Gasteiger partial charge on any atom is -0.310 e. The number of nitrogens with zero attached hydrogens (tertiary/aromatic N) is 6. The molecule has 16 aromatic rings. The van der Waals surface area contributed by atoms with E-state index in [2.05, 4.69) is 317 Å². The molecule has 85 heavy (non-hydrogen) atoms. The van der Waals surface area contributed by atoms with E-state index in [1.54, 1.807) is 0 Å². The predicted molar refractivity (Wildman–Crippen MR) is 356 cm³/mol. The van der Waals surface area contributed by atoms with Crippen LogP contribution >= 0.6 is 0 Å². The van der Waals surface area contributed by atoms with Gasteiger partial charge in [0.2, 0.25) is 0 Å². The lowest BCUT2D eigenvalue weighted by Gasteiger charge is -2.25. The summed E-state index contributed by atoms with van der Waals surface area (Å²) in [6.07, 6.45) is 3.86. The first-order chi connectivity index (χ1) is 42.1. The Hall–Kier alpha value is -11.3. The smallest absolute Gasteiger partial charge is 0.0964 e. The number of rotatable bonds is 11. The molecule has 0 fully saturated rings. The third-order valence-corrected chi connectivity index (χ3v) is 16.9. The van der Waals surface area contributed by atoms with Crippen LogP contribution in [0.5, 0.6) is 0 Å². The number of fused-ring (bicyclic) bond motifs is 9. The first-order valence-corrected chi connectivity index (χ1v) is 28.9. The molecule has 0 aliphatic rings. The predicted octanol–water partition coefficient (Wildman–Crippen LogP) is 21.2. The van der Waals surface area contributed by atoms with Crippen molar-refractivity contribution in [2.24, 2.45) is 0 Å². The fraction of sp³-hybridized carbons (Fsp3) is 0.0127. The van der Waals surface area contributed by atoms with E-state index in [0.717, 1.165) is 123 Å². The standard InChI is InChI=1S/C79H54N6/c1-53-70(54-34-38-64(39-35-54)84-74-30-16-14-28-68(74)72-50-66(42-44-76(72)84)82(60-20-6-2-7-21-60)61-22-8-3-9-23-61)48-58(59-47-57-33-32-56-19-18-46-80-78(56)79(57)81-52-59)49-71(53)55-36-40-65(41-37-55)85-75-31-17-15-29-69(75)73-51-67(43-45-77(73)85)83(62-24-10-4-11-25-62)63-26-12-5-13-27-63/h2-52H,1H3. The second-order valence-electron chi connectivity index (χ2n) is 21.8. The van der Waals surface area contributed by atoms with Gasteiger partial charge in [0.15, 0.2) is 0 Å². The van der Waals surface area contributed by atoms with E-state index in [4.69, 9.17) is 9.97 Å². The van der Waals surface area contributed by atoms with Gasteiger partial charge >= 0.3 is 0 Å². The van der Waals surface area contributed by atoms with E-state index in [-0.39, 0.29) is 0 Å². The van der Waals surface area contributed by atoms with Gasteiger partial charge in [-0.1, -0.05) is 152 Å². The molecule has 0 amide bonds. The Kier molecular flexibility index (Phi) is 12.0. The van der Waals surface area contributed by atoms with Gasteiger partial charge in [0.25, 0.3) is 0 Å². The number of aromatic nitrogens is 4. The summed E-state index contributed by atoms with van der Waals surface area (Å²) in [5.41, 5.74) is 23.2. The van der Waals surface area contributed by atoms with Crippen LogP contribution in [0.15, 0.2) is 310 Å². The second-order valence-corrected chi connectivity index (χ2v) is 21.8. The molecule has 6 nitrogen and oxygen atoms in total. The molecular formula is C79H54N6. The molecule has 0 spiro atoms. The van der Waals surface area contributed by atoms with Crippen LogP contribution in [-0.4, -0.2) is 19.1 Å². The molecule has 0 saturated heterocycles. The second kappa shape index (κ2) is 20.6. The number of hydrogen-bond donors (Lipinski definition) is 0. The van der Waals surface area contributed by atoms with Crippen molar-refractivity contribution in [1.29, 1.82) is 0 Å². The summed E-state index contributed by atoms with van der Waals surface area (Å²) in [6.45, 7) is 2.27. The number of anilines is 6. The molecule has 0 aliphatic carbocycles. The van der Waals surface area contributed by atoms with Crippen LogP contribution in [0.3, 0.4) is 0 Å². The van der Waals surface area contributed by atoms with Crippen LogP contribution in [0.4, 0.5) is 34.1 Å². The summed E-state index contributed by atoms with van der Waals surface area (Å²) < 4.78 is 4.81. The van der Waals surface area contributed by atoms with E-state index >= 15 is 0 Å². The molecule has 0 aliphatic heterocycles. The van der Waals surface area contributed by atoms with Gasteiger partial charge in [-0.05, 0) is 186 Å². The Morgan fingerprint density at radius 3 is 1.16 bits per heavy atom. The topological polar surface area (TPSA) is 42.1 Å². The van der Waals surface area contributed by atoms with Gasteiger partial charge in [-0.2, -0.15) is 0 Å². The van der Waals surface area contributed by atoms with Gasteiger partial charge in [-0.3, -0.25) is 9.97 Å². The zero-order chi connectivity index (χ0) is 56.4. The minimum atomic E-state index is 0.901. The Morgan fingerprint density at radius 1 is 0.282 bits per heavy atom. The number of para-hydroxylation sites is 6. The van der Waals surface area contributed by atoms with E-state index in [1.165, 1.54) is 27.1 Å². The summed E-state index contributed by atoms with van der Waals surface area (Å²) >= 11 is 0. The summed E-state index contributed by atoms with van der Waals surface area (Å²) in [5.74, 6) is 0. The van der Waals surface area contributed by atoms with Crippen molar-refractivity contribution in [2.75, 3.05) is 9.80 Å². The quantitative estimate of drug-likeness (QED) is 0.121. The fourth-order valence-corrected chi connectivity index (χ4v) is 12.9. The van der Waals surface area contributed by atoms with Crippen molar-refractivity contribution in [3.8, 4) is 44.8 Å². The molecule has 0 radical (unpaired) electrons. The van der Waals surface area contributed by atoms with Crippen LogP contribution < -0.4 is 9.80 Å². The van der Waals surface area contributed by atoms with Crippen LogP contribution in [0.2, 0.25) is 0 Å². The molecule has 0 atom stereocenters. The monoisotopic (exact) mass is 1090 g/mol. The molecule has 0 bridgehead atoms. The third-order valence-electron chi connectivity index (χ3n) is 16.9. The van der Waals surface area contributed by atoms with Crippen molar-refractivity contribution in [3.63, 3.8) is 0 Å². The maximum Gasteiger partial charge on any atom is 0.0964 e. The van der Waals surface area contributed by atoms with Crippen LogP contribution in [0.25, 0.3) is 110 Å². The Balaban J connectivity index is 0.804. The average Bonchev–Trinajstić information content (AvgIpc) is 2.98. The normalized spacial score (nSPS) is 11.6. The Labute approximate surface area is 492 Å². The molecule has 0 saturated carbocycles. The molecule has 0 unspecified atom stereocenters. The van der Waals surface area contributed by atoms with Crippen LogP contribution in [0, 0.1) is 6.92 Å². The molecule has 400 valence electrons. The van der Waals surface area contributed by atoms with E-state index < -0.39 is 0 Å². The largest absolute Gasteiger partial charge is 0.310 e. The van der Waals surface area contributed by atoms with E-state index in [0.29, 0.717) is 0 Å². The van der Waals surface area contributed by atoms with Gasteiger partial charge in [0.1, 0.15) is 0 Å². The van der Waals surface area contributed by atoms with Gasteiger partial charge < -0.3 is 18.9 Å². The molecule has 12 aromatic carbocycles. The summed E-state index contributed by atoms with van der Waals surface area (Å²) in [4.78, 5) is 14.5. The first kappa shape index (κ1) is 49.5. The summed E-state index contributed by atoms with van der Waals surface area (Å²) in [6, 6.07) is 107. The van der Waals surface area contributed by atoms with Crippen molar-refractivity contribution in [3.05, 3.63) is 315 Å². The number of benzene rings is 12. The first-order valence-electron chi connectivity index (χ1n) is 28.9. The highest BCUT2D eigenvalue weighted by Crippen LogP contribution is 2.44. The summed E-state index contributed by atoms with van der Waals surface area (Å²) in [5, 5.41) is 6.94. The van der Waals surface area contributed by atoms with Gasteiger partial charge in [0, 0.05) is 95.8 Å². The molecule has 16 rings (SSSR count). The lowest BCUT2D eigenvalue weighted by molar-refractivity contribution is 1.18. The van der Waals surface area contributed by atoms with Gasteiger partial charge in [-0.15, -0.1) is 0 Å². The highest BCUT2D eigenvalue weighted by Gasteiger charge is 2.21. The maximum atomic E-state index is 5.11. The summed E-state index contributed by atoms with van der Waals surface area (Å²) in [7, 11) is 0. The van der Waals surface area contributed by atoms with Gasteiger partial charge in [-0.25, -0.2) is 0 Å². The lowest BCUT2D eigenvalue weighted by Crippen LogP contribution is -2.09. The number of hydrogen-bond acceptors (Lipinski definition) is 4. The molecular weight excluding hydrogens is 1030 g/mol. The van der Waals surface area contributed by atoms with E-state index in [9.17, 15) is 0 Å². The van der Waals surface area contributed by atoms with Crippen molar-refractivity contribution in [2.45, 2.75) is 6.92 Å². The lowest BCUT2D eigenvalue weighted by atomic mass is 9.88. The van der Waals surface area contributed by atoms with Crippen molar-refractivity contribution >= 4 is 99.5 Å². The highest BCUT2D eigenvalue weighted by molar-refractivity contribution is 6.12. The Morgan fingerprint density at radius 2 is 0.694 bits per heavy atom. The zero-order valence-corrected chi connectivity index (χ0v) is 46.6. The van der Waals surface area contributed by atoms with Crippen LogP contribution in [0.1, 0.15) is 5.56 Å². The number of pyridine rings is 2. The SMILES string of the molecule is Cc1c(-c2ccc(-n3c4ccccc4c4cc(N(c5ccccc5)c5ccccc5)ccc43)cc2)cc(-c2cnc3c(ccc4cccnc43)c2)cc1-c1ccc(-n2c3ccccc3c3cc(N(c4ccccc4)c4ccccc4)ccc32)cc1. The molecule has 6 heteroatoms. The van der Waals surface area contributed by atoms with Crippen LogP contribution in [-0.2, 0) is 0 Å². The third kappa shape index (κ3) is 8.58. The minimum absolute atomic E-state index is 0.901. The molecule has 4 heterocycles. The molecule has 0 N–H and O–H groups in total.